The summed E-state index contributed by atoms with van der Waals surface area (Å²) in [5, 5.41) is 10.6. The summed E-state index contributed by atoms with van der Waals surface area (Å²) in [5.74, 6) is 1.04. The van der Waals surface area contributed by atoms with Gasteiger partial charge in [0.15, 0.2) is 0 Å². The Bertz CT molecular complexity index is 841. The summed E-state index contributed by atoms with van der Waals surface area (Å²) in [6, 6.07) is 12.1. The second-order valence-electron chi connectivity index (χ2n) is 10.9. The summed E-state index contributed by atoms with van der Waals surface area (Å²) >= 11 is 0. The molecule has 1 heterocycles. The van der Waals surface area contributed by atoms with E-state index in [2.05, 4.69) is 31.0 Å². The second kappa shape index (κ2) is 21.6. The molecule has 1 N–H and O–H groups in total. The van der Waals surface area contributed by atoms with Crippen LogP contribution in [0.1, 0.15) is 146 Å². The molecule has 0 aliphatic rings. The Morgan fingerprint density at radius 3 is 1.71 bits per heavy atom. The molecule has 0 aliphatic heterocycles. The molecule has 0 saturated carbocycles. The fraction of sp³-hybridized carbons (Fsp3) is 0.629. The van der Waals surface area contributed by atoms with Gasteiger partial charge in [-0.2, -0.15) is 0 Å². The number of nitrogens with zero attached hydrogens (tertiary/aromatic N) is 1. The molecule has 38 heavy (non-hydrogen) atoms. The number of aromatic nitrogens is 1. The molecule has 1 aromatic carbocycles. The van der Waals surface area contributed by atoms with Crippen LogP contribution in [0.3, 0.4) is 0 Å². The van der Waals surface area contributed by atoms with Crippen LogP contribution in [0.5, 0.6) is 5.75 Å². The maximum absolute atomic E-state index is 10.6. The minimum Gasteiger partial charge on any atom is -0.507 e. The van der Waals surface area contributed by atoms with E-state index in [9.17, 15) is 5.11 Å². The van der Waals surface area contributed by atoms with Crippen LogP contribution in [0.4, 0.5) is 0 Å². The molecule has 2 rings (SSSR count). The molecule has 0 radical (unpaired) electrons. The number of hydrogen-bond acceptors (Lipinski definition) is 3. The lowest BCUT2D eigenvalue weighted by Crippen LogP contribution is -1.98. The van der Waals surface area contributed by atoms with Crippen LogP contribution >= 0.6 is 0 Å². The van der Waals surface area contributed by atoms with Crippen molar-refractivity contribution < 1.29 is 9.84 Å². The Balaban J connectivity index is 1.60. The number of benzene rings is 1. The summed E-state index contributed by atoms with van der Waals surface area (Å²) in [7, 11) is 0. The van der Waals surface area contributed by atoms with Crippen LogP contribution in [-0.2, 0) is 6.42 Å². The molecular formula is C35H55NO2. The highest BCUT2D eigenvalue weighted by Gasteiger charge is 2.03. The number of aliphatic hydroxyl groups is 1. The summed E-state index contributed by atoms with van der Waals surface area (Å²) < 4.78 is 5.85. The van der Waals surface area contributed by atoms with E-state index in [4.69, 9.17) is 4.74 Å². The second-order valence-corrected chi connectivity index (χ2v) is 10.9. The predicted octanol–water partition coefficient (Wildman–Crippen LogP) is 11.1. The number of unbranched alkanes of at least 4 members (excludes halogenated alkanes) is 16. The van der Waals surface area contributed by atoms with E-state index in [1.165, 1.54) is 115 Å². The summed E-state index contributed by atoms with van der Waals surface area (Å²) in [5.41, 5.74) is 2.90. The Kier molecular flexibility index (Phi) is 18.2. The molecule has 0 atom stereocenters. The predicted molar refractivity (Wildman–Crippen MR) is 165 cm³/mol. The molecule has 0 aliphatic carbocycles. The smallest absolute Gasteiger partial charge is 0.137 e. The van der Waals surface area contributed by atoms with Crippen molar-refractivity contribution in [3.05, 3.63) is 59.4 Å². The number of pyridine rings is 1. The van der Waals surface area contributed by atoms with E-state index in [-0.39, 0.29) is 5.76 Å². The fourth-order valence-electron chi connectivity index (χ4n) is 4.87. The molecule has 0 bridgehead atoms. The minimum absolute atomic E-state index is 0.246. The highest BCUT2D eigenvalue weighted by Crippen LogP contribution is 2.19. The highest BCUT2D eigenvalue weighted by atomic mass is 16.5. The van der Waals surface area contributed by atoms with Gasteiger partial charge in [0.25, 0.3) is 0 Å². The van der Waals surface area contributed by atoms with Crippen LogP contribution in [0, 0.1) is 0 Å². The molecule has 3 heteroatoms. The van der Waals surface area contributed by atoms with Gasteiger partial charge in [0, 0.05) is 11.6 Å². The van der Waals surface area contributed by atoms with Crippen molar-refractivity contribution >= 4 is 11.8 Å². The molecule has 0 spiro atoms. The van der Waals surface area contributed by atoms with Crippen molar-refractivity contribution in [2.45, 2.75) is 136 Å². The van der Waals surface area contributed by atoms with Crippen LogP contribution < -0.4 is 4.74 Å². The first-order valence-electron chi connectivity index (χ1n) is 15.8. The molecule has 0 fully saturated rings. The third-order valence-corrected chi connectivity index (χ3v) is 7.38. The molecular weight excluding hydrogens is 466 g/mol. The molecule has 0 amide bonds. The third kappa shape index (κ3) is 15.2. The lowest BCUT2D eigenvalue weighted by molar-refractivity contribution is 0.303. The zero-order valence-corrected chi connectivity index (χ0v) is 24.6. The first-order chi connectivity index (χ1) is 18.7. The van der Waals surface area contributed by atoms with Crippen LogP contribution in [-0.4, -0.2) is 16.7 Å². The maximum atomic E-state index is 10.6. The van der Waals surface area contributed by atoms with Gasteiger partial charge in [0.05, 0.1) is 18.5 Å². The molecule has 2 aromatic rings. The van der Waals surface area contributed by atoms with E-state index in [1.807, 2.05) is 24.3 Å². The number of hydrogen-bond donors (Lipinski definition) is 1. The van der Waals surface area contributed by atoms with Crippen molar-refractivity contribution in [1.29, 1.82) is 0 Å². The van der Waals surface area contributed by atoms with Gasteiger partial charge in [0.2, 0.25) is 0 Å². The number of aliphatic hydroxyl groups excluding tert-OH is 1. The van der Waals surface area contributed by atoms with E-state index < -0.39 is 0 Å². The first-order valence-corrected chi connectivity index (χ1v) is 15.8. The monoisotopic (exact) mass is 521 g/mol. The number of rotatable bonds is 23. The van der Waals surface area contributed by atoms with E-state index in [0.717, 1.165) is 36.5 Å². The molecule has 0 unspecified atom stereocenters. The number of aryl methyl sites for hydroxylation is 1. The zero-order chi connectivity index (χ0) is 27.1. The van der Waals surface area contributed by atoms with Crippen molar-refractivity contribution in [3.8, 4) is 5.75 Å². The molecule has 1 aromatic heterocycles. The van der Waals surface area contributed by atoms with Crippen molar-refractivity contribution in [2.75, 3.05) is 6.61 Å². The average molecular weight is 522 g/mol. The lowest BCUT2D eigenvalue weighted by Gasteiger charge is -2.07. The van der Waals surface area contributed by atoms with Crippen LogP contribution in [0.25, 0.3) is 11.8 Å². The van der Waals surface area contributed by atoms with E-state index in [1.54, 1.807) is 12.3 Å². The fourth-order valence-corrected chi connectivity index (χ4v) is 4.87. The van der Waals surface area contributed by atoms with Gasteiger partial charge in [-0.25, -0.2) is 0 Å². The Hall–Kier alpha value is -2.29. The summed E-state index contributed by atoms with van der Waals surface area (Å²) in [4.78, 5) is 4.45. The quantitative estimate of drug-likeness (QED) is 0.117. The van der Waals surface area contributed by atoms with E-state index in [0.29, 0.717) is 0 Å². The normalized spacial score (nSPS) is 11.7. The Labute approximate surface area is 234 Å². The molecule has 3 nitrogen and oxygen atoms in total. The van der Waals surface area contributed by atoms with Crippen molar-refractivity contribution in [1.82, 2.24) is 4.98 Å². The van der Waals surface area contributed by atoms with E-state index >= 15 is 0 Å². The molecule has 212 valence electrons. The zero-order valence-electron chi connectivity index (χ0n) is 24.6. The van der Waals surface area contributed by atoms with Crippen molar-refractivity contribution in [2.24, 2.45) is 0 Å². The average Bonchev–Trinajstić information content (AvgIpc) is 2.94. The highest BCUT2D eigenvalue weighted by molar-refractivity contribution is 5.75. The van der Waals surface area contributed by atoms with Crippen LogP contribution in [0.15, 0.2) is 42.6 Å². The number of ether oxygens (including phenoxy) is 1. The minimum atomic E-state index is 0.246. The van der Waals surface area contributed by atoms with Gasteiger partial charge >= 0.3 is 0 Å². The maximum Gasteiger partial charge on any atom is 0.137 e. The summed E-state index contributed by atoms with van der Waals surface area (Å²) in [6.45, 7) is 5.28. The van der Waals surface area contributed by atoms with Gasteiger partial charge in [-0.3, -0.25) is 4.98 Å². The van der Waals surface area contributed by atoms with Crippen LogP contribution in [0.2, 0.25) is 0 Å². The van der Waals surface area contributed by atoms with Gasteiger partial charge in [0.1, 0.15) is 11.5 Å². The van der Waals surface area contributed by atoms with Gasteiger partial charge in [-0.05, 0) is 37.0 Å². The van der Waals surface area contributed by atoms with Gasteiger partial charge in [-0.1, -0.05) is 141 Å². The van der Waals surface area contributed by atoms with Crippen molar-refractivity contribution in [3.63, 3.8) is 0 Å². The molecule has 0 saturated heterocycles. The Morgan fingerprint density at radius 1 is 0.658 bits per heavy atom. The standard InChI is InChI=1S/C35H55NO2/c1-3-5-7-9-11-13-15-17-19-21-31-22-24-32(25-23-31)35(37)29-33-26-27-34(30-36-33)38-28-20-18-16-14-12-10-8-6-4-2/h22-27,29-30,37H,3-21,28H2,1-2H3/b35-29+. The summed E-state index contributed by atoms with van der Waals surface area (Å²) in [6.07, 6.45) is 28.6. The topological polar surface area (TPSA) is 42.4 Å². The SMILES string of the molecule is CCCCCCCCCCCOc1ccc(/C=C(/O)c2ccc(CCCCCCCCCCC)cc2)nc1. The first kappa shape index (κ1) is 31.9. The largest absolute Gasteiger partial charge is 0.507 e. The third-order valence-electron chi connectivity index (χ3n) is 7.38. The Morgan fingerprint density at radius 2 is 1.18 bits per heavy atom. The van der Waals surface area contributed by atoms with Gasteiger partial charge < -0.3 is 9.84 Å². The van der Waals surface area contributed by atoms with Gasteiger partial charge in [-0.15, -0.1) is 0 Å². The lowest BCUT2D eigenvalue weighted by atomic mass is 10.0.